The fraction of sp³-hybridized carbons (Fsp3) is 0.261. The number of aromatic nitrogens is 2. The fourth-order valence-electron chi connectivity index (χ4n) is 3.71. The molecule has 9 heteroatoms. The highest BCUT2D eigenvalue weighted by Crippen LogP contribution is 2.31. The summed E-state index contributed by atoms with van der Waals surface area (Å²) in [6.07, 6.45) is 5.69. The molecule has 3 aromatic rings. The second-order valence-corrected chi connectivity index (χ2v) is 7.76. The van der Waals surface area contributed by atoms with Gasteiger partial charge in [0.2, 0.25) is 0 Å². The Morgan fingerprint density at radius 3 is 2.69 bits per heavy atom. The number of benzene rings is 1. The molecular weight excluding hydrogens is 408 g/mol. The number of pyridine rings is 2. The van der Waals surface area contributed by atoms with E-state index >= 15 is 0 Å². The number of carbonyl (C=O) groups excluding carboxylic acids is 2. The molecule has 1 saturated heterocycles. The first kappa shape index (κ1) is 21.2. The lowest BCUT2D eigenvalue weighted by molar-refractivity contribution is -0.137. The molecule has 1 aromatic carbocycles. The van der Waals surface area contributed by atoms with Gasteiger partial charge in [-0.25, -0.2) is 4.98 Å². The van der Waals surface area contributed by atoms with Crippen LogP contribution in [0.3, 0.4) is 0 Å². The number of ether oxygens (including phenoxy) is 1. The van der Waals surface area contributed by atoms with Gasteiger partial charge in [-0.2, -0.15) is 5.26 Å². The predicted octanol–water partition coefficient (Wildman–Crippen LogP) is 2.31. The summed E-state index contributed by atoms with van der Waals surface area (Å²) in [7, 11) is 0. The zero-order chi connectivity index (χ0) is 22.7. The summed E-state index contributed by atoms with van der Waals surface area (Å²) in [5.74, 6) is -1.59. The van der Waals surface area contributed by atoms with Gasteiger partial charge in [0.25, 0.3) is 0 Å². The van der Waals surface area contributed by atoms with Gasteiger partial charge < -0.3 is 21.1 Å². The minimum absolute atomic E-state index is 0.204. The summed E-state index contributed by atoms with van der Waals surface area (Å²) in [4.78, 5) is 33.2. The van der Waals surface area contributed by atoms with Crippen molar-refractivity contribution in [1.82, 2.24) is 15.3 Å². The zero-order valence-electron chi connectivity index (χ0n) is 17.5. The van der Waals surface area contributed by atoms with E-state index in [9.17, 15) is 14.9 Å². The molecule has 0 aliphatic carbocycles. The highest BCUT2D eigenvalue weighted by molar-refractivity contribution is 6.39. The average Bonchev–Trinajstić information content (AvgIpc) is 2.79. The molecule has 0 bridgehead atoms. The van der Waals surface area contributed by atoms with Crippen molar-refractivity contribution in [2.24, 2.45) is 0 Å². The largest absolute Gasteiger partial charge is 0.398 e. The summed E-state index contributed by atoms with van der Waals surface area (Å²) in [6.45, 7) is 2.68. The molecule has 0 atom stereocenters. The number of aryl methyl sites for hydroxylation is 1. The third-order valence-electron chi connectivity index (χ3n) is 5.58. The molecule has 2 amide bonds. The van der Waals surface area contributed by atoms with Crippen LogP contribution in [0.2, 0.25) is 0 Å². The average molecular weight is 430 g/mol. The van der Waals surface area contributed by atoms with E-state index in [4.69, 9.17) is 10.5 Å². The number of nitrogens with zero attached hydrogens (tertiary/aromatic N) is 3. The van der Waals surface area contributed by atoms with Crippen molar-refractivity contribution >= 4 is 34.1 Å². The van der Waals surface area contributed by atoms with Gasteiger partial charge in [0.1, 0.15) is 11.4 Å². The van der Waals surface area contributed by atoms with Crippen molar-refractivity contribution in [3.05, 3.63) is 48.4 Å². The highest BCUT2D eigenvalue weighted by atomic mass is 16.5. The minimum atomic E-state index is -1.10. The molecule has 4 rings (SSSR count). The second-order valence-electron chi connectivity index (χ2n) is 7.76. The summed E-state index contributed by atoms with van der Waals surface area (Å²) in [6, 6.07) is 9.45. The fourth-order valence-corrected chi connectivity index (χ4v) is 3.71. The van der Waals surface area contributed by atoms with Gasteiger partial charge in [-0.3, -0.25) is 14.6 Å². The van der Waals surface area contributed by atoms with E-state index < -0.39 is 17.4 Å². The molecule has 32 heavy (non-hydrogen) atoms. The number of nitrogen functional groups attached to an aromatic ring is 1. The normalized spacial score (nSPS) is 15.0. The van der Waals surface area contributed by atoms with Gasteiger partial charge in [-0.15, -0.1) is 0 Å². The molecule has 1 fully saturated rings. The van der Waals surface area contributed by atoms with Crippen LogP contribution in [0.1, 0.15) is 18.4 Å². The molecule has 0 spiro atoms. The smallest absolute Gasteiger partial charge is 0.314 e. The van der Waals surface area contributed by atoms with E-state index in [1.165, 1.54) is 0 Å². The lowest BCUT2D eigenvalue weighted by Crippen LogP contribution is -2.53. The minimum Gasteiger partial charge on any atom is -0.398 e. The van der Waals surface area contributed by atoms with Crippen LogP contribution in [0.15, 0.2) is 42.9 Å². The third-order valence-corrected chi connectivity index (χ3v) is 5.58. The standard InChI is InChI=1S/C23H22N6O3/c1-14-2-5-26-11-17(14)15-8-16-10-20(27-12-18(16)19(25)9-15)28-21(30)22(31)29-23(13-24)3-6-32-7-4-23/h2,5,8-12H,3-4,6-7,25H2,1H3,(H,29,31)(H,27,28,30). The first-order chi connectivity index (χ1) is 15.4. The van der Waals surface area contributed by atoms with Crippen LogP contribution < -0.4 is 16.4 Å². The van der Waals surface area contributed by atoms with E-state index in [0.717, 1.165) is 27.5 Å². The molecule has 1 aliphatic rings. The lowest BCUT2D eigenvalue weighted by atomic mass is 9.92. The molecule has 9 nitrogen and oxygen atoms in total. The predicted molar refractivity (Wildman–Crippen MR) is 119 cm³/mol. The van der Waals surface area contributed by atoms with Crippen LogP contribution in [0.5, 0.6) is 0 Å². The SMILES string of the molecule is Cc1ccncc1-c1cc(N)c2cnc(NC(=O)C(=O)NC3(C#N)CCOCC3)cc2c1. The number of fused-ring (bicyclic) bond motifs is 1. The van der Waals surface area contributed by atoms with Crippen LogP contribution in [0.4, 0.5) is 11.5 Å². The maximum Gasteiger partial charge on any atom is 0.314 e. The Morgan fingerprint density at radius 1 is 1.19 bits per heavy atom. The summed E-state index contributed by atoms with van der Waals surface area (Å²) in [5, 5.41) is 16.0. The molecule has 162 valence electrons. The van der Waals surface area contributed by atoms with Gasteiger partial charge in [0.05, 0.1) is 6.07 Å². The van der Waals surface area contributed by atoms with Gasteiger partial charge in [0, 0.05) is 61.3 Å². The maximum atomic E-state index is 12.4. The van der Waals surface area contributed by atoms with Crippen molar-refractivity contribution in [2.45, 2.75) is 25.3 Å². The number of rotatable bonds is 3. The topological polar surface area (TPSA) is 143 Å². The number of anilines is 2. The Labute approximate surface area is 184 Å². The Morgan fingerprint density at radius 2 is 1.97 bits per heavy atom. The molecule has 4 N–H and O–H groups in total. The number of amides is 2. The Hall–Kier alpha value is -4.03. The third kappa shape index (κ3) is 4.22. The molecule has 2 aromatic heterocycles. The van der Waals surface area contributed by atoms with Gasteiger partial charge >= 0.3 is 11.8 Å². The number of nitrogens with one attached hydrogen (secondary N) is 2. The van der Waals surface area contributed by atoms with E-state index in [1.54, 1.807) is 24.7 Å². The number of hydrogen-bond donors (Lipinski definition) is 3. The number of nitriles is 1. The van der Waals surface area contributed by atoms with E-state index in [2.05, 4.69) is 26.7 Å². The monoisotopic (exact) mass is 430 g/mol. The summed E-state index contributed by atoms with van der Waals surface area (Å²) >= 11 is 0. The van der Waals surface area contributed by atoms with Crippen LogP contribution in [0.25, 0.3) is 21.9 Å². The molecule has 0 radical (unpaired) electrons. The highest BCUT2D eigenvalue weighted by Gasteiger charge is 2.36. The number of hydrogen-bond acceptors (Lipinski definition) is 7. The Kier molecular flexibility index (Phi) is 5.71. The maximum absolute atomic E-state index is 12.4. The summed E-state index contributed by atoms with van der Waals surface area (Å²) in [5.41, 5.74) is 8.55. The van der Waals surface area contributed by atoms with E-state index in [-0.39, 0.29) is 5.82 Å². The first-order valence-corrected chi connectivity index (χ1v) is 10.1. The van der Waals surface area contributed by atoms with Gasteiger partial charge in [-0.05, 0) is 47.7 Å². The summed E-state index contributed by atoms with van der Waals surface area (Å²) < 4.78 is 5.24. The second kappa shape index (κ2) is 8.61. The Bertz CT molecular complexity index is 1240. The van der Waals surface area contributed by atoms with Gasteiger partial charge in [0.15, 0.2) is 0 Å². The zero-order valence-corrected chi connectivity index (χ0v) is 17.5. The van der Waals surface area contributed by atoms with E-state index in [0.29, 0.717) is 31.7 Å². The van der Waals surface area contributed by atoms with Gasteiger partial charge in [-0.1, -0.05) is 0 Å². The van der Waals surface area contributed by atoms with E-state index in [1.807, 2.05) is 25.1 Å². The van der Waals surface area contributed by atoms with Crippen LogP contribution >= 0.6 is 0 Å². The quantitative estimate of drug-likeness (QED) is 0.427. The van der Waals surface area contributed by atoms with Crippen molar-refractivity contribution in [1.29, 1.82) is 5.26 Å². The number of carbonyl (C=O) groups is 2. The van der Waals surface area contributed by atoms with Crippen molar-refractivity contribution in [3.63, 3.8) is 0 Å². The first-order valence-electron chi connectivity index (χ1n) is 10.1. The molecular formula is C23H22N6O3. The molecule has 3 heterocycles. The van der Waals surface area contributed by atoms with Crippen molar-refractivity contribution in [2.75, 3.05) is 24.3 Å². The molecule has 1 aliphatic heterocycles. The van der Waals surface area contributed by atoms with Crippen molar-refractivity contribution in [3.8, 4) is 17.2 Å². The van der Waals surface area contributed by atoms with Crippen molar-refractivity contribution < 1.29 is 14.3 Å². The molecule has 0 saturated carbocycles. The van der Waals surface area contributed by atoms with Crippen LogP contribution in [0, 0.1) is 18.3 Å². The lowest BCUT2D eigenvalue weighted by Gasteiger charge is -2.31. The Balaban J connectivity index is 1.57. The van der Waals surface area contributed by atoms with Crippen LogP contribution in [-0.4, -0.2) is 40.5 Å². The molecule has 0 unspecified atom stereocenters. The number of nitrogens with two attached hydrogens (primary N) is 1. The van der Waals surface area contributed by atoms with Crippen LogP contribution in [-0.2, 0) is 14.3 Å².